The van der Waals surface area contributed by atoms with Crippen molar-refractivity contribution in [2.45, 2.75) is 39.2 Å². The summed E-state index contributed by atoms with van der Waals surface area (Å²) in [5.74, 6) is 0.0878. The largest absolute Gasteiger partial charge is 0.528 e. The third-order valence-corrected chi connectivity index (χ3v) is 1.81. The molecule has 1 saturated heterocycles. The first-order valence-corrected chi connectivity index (χ1v) is 5.04. The fourth-order valence-electron chi connectivity index (χ4n) is 1.26. The minimum Gasteiger partial charge on any atom is -0.427 e. The number of carbonyl (C=O) groups is 2. The molecule has 1 rings (SSSR count). The third kappa shape index (κ3) is 4.78. The zero-order valence-electron chi connectivity index (χ0n) is 9.41. The van der Waals surface area contributed by atoms with Crippen LogP contribution in [0.4, 0.5) is 4.79 Å². The van der Waals surface area contributed by atoms with Crippen molar-refractivity contribution in [3.63, 3.8) is 0 Å². The number of carbonyl (C=O) groups excluding carboxylic acids is 2. The molecule has 0 aromatic heterocycles. The molecule has 0 saturated carbocycles. The molecule has 0 atom stereocenters. The highest BCUT2D eigenvalue weighted by atomic mass is 16.8. The molecular weight excluding hydrogens is 198 g/mol. The molecule has 86 valence electrons. The van der Waals surface area contributed by atoms with Crippen LogP contribution in [0.2, 0.25) is 0 Å². The molecule has 5 nitrogen and oxygen atoms in total. The zero-order chi connectivity index (χ0) is 11.5. The maximum absolute atomic E-state index is 11.2. The van der Waals surface area contributed by atoms with Crippen molar-refractivity contribution in [3.8, 4) is 0 Å². The number of ketones is 1. The number of hydrogen-bond donors (Lipinski definition) is 0. The monoisotopic (exact) mass is 215 g/mol. The van der Waals surface area contributed by atoms with Crippen LogP contribution in [0.25, 0.3) is 0 Å². The Balaban J connectivity index is 2.34. The van der Waals surface area contributed by atoms with E-state index in [9.17, 15) is 9.59 Å². The quantitative estimate of drug-likeness (QED) is 0.621. The lowest BCUT2D eigenvalue weighted by Crippen LogP contribution is -2.38. The molecular formula is C10H17NO4. The minimum absolute atomic E-state index is 0.0878. The first-order chi connectivity index (χ1) is 6.87. The van der Waals surface area contributed by atoms with E-state index in [4.69, 9.17) is 9.57 Å². The summed E-state index contributed by atoms with van der Waals surface area (Å²) in [7, 11) is 0. The normalized spacial score (nSPS) is 18.7. The van der Waals surface area contributed by atoms with E-state index in [1.54, 1.807) is 20.8 Å². The highest BCUT2D eigenvalue weighted by Gasteiger charge is 2.24. The average molecular weight is 215 g/mol. The van der Waals surface area contributed by atoms with Gasteiger partial charge in [0.1, 0.15) is 11.4 Å². The molecule has 1 fully saturated rings. The summed E-state index contributed by atoms with van der Waals surface area (Å²) in [6, 6.07) is 0. The first kappa shape index (κ1) is 12.0. The lowest BCUT2D eigenvalue weighted by molar-refractivity contribution is -0.160. The second-order valence-corrected chi connectivity index (χ2v) is 4.56. The zero-order valence-corrected chi connectivity index (χ0v) is 9.41. The van der Waals surface area contributed by atoms with Gasteiger partial charge in [-0.3, -0.25) is 4.79 Å². The molecule has 0 N–H and O–H groups in total. The number of rotatable bonds is 1. The molecule has 0 aliphatic carbocycles. The highest BCUT2D eigenvalue weighted by Crippen LogP contribution is 2.11. The van der Waals surface area contributed by atoms with Crippen LogP contribution in [0.3, 0.4) is 0 Å². The standard InChI is InChI=1S/C10H17NO4/c1-10(2,3)14-9(13)15-11-6-4-5-8(12)7-11/h4-7H2,1-3H3. The van der Waals surface area contributed by atoms with Crippen molar-refractivity contribution in [3.05, 3.63) is 0 Å². The first-order valence-electron chi connectivity index (χ1n) is 5.04. The van der Waals surface area contributed by atoms with Crippen molar-refractivity contribution in [1.82, 2.24) is 5.06 Å². The summed E-state index contributed by atoms with van der Waals surface area (Å²) in [6.45, 7) is 6.03. The number of ether oxygens (including phenoxy) is 1. The van der Waals surface area contributed by atoms with Crippen LogP contribution in [-0.2, 0) is 14.4 Å². The third-order valence-electron chi connectivity index (χ3n) is 1.81. The Labute approximate surface area is 89.3 Å². The predicted molar refractivity (Wildman–Crippen MR) is 53.1 cm³/mol. The van der Waals surface area contributed by atoms with Crippen molar-refractivity contribution in [2.24, 2.45) is 0 Å². The van der Waals surface area contributed by atoms with Gasteiger partial charge in [0, 0.05) is 13.0 Å². The number of piperidine rings is 1. The Hall–Kier alpha value is -1.10. The van der Waals surface area contributed by atoms with Crippen molar-refractivity contribution in [2.75, 3.05) is 13.1 Å². The molecule has 1 heterocycles. The van der Waals surface area contributed by atoms with Crippen LogP contribution < -0.4 is 0 Å². The summed E-state index contributed by atoms with van der Waals surface area (Å²) in [5.41, 5.74) is -0.573. The Morgan fingerprint density at radius 2 is 2.07 bits per heavy atom. The van der Waals surface area contributed by atoms with Gasteiger partial charge in [-0.2, -0.15) is 0 Å². The highest BCUT2D eigenvalue weighted by molar-refractivity contribution is 5.81. The van der Waals surface area contributed by atoms with Gasteiger partial charge in [0.25, 0.3) is 0 Å². The maximum atomic E-state index is 11.2. The van der Waals surface area contributed by atoms with Gasteiger partial charge < -0.3 is 9.57 Å². The molecule has 0 amide bonds. The van der Waals surface area contributed by atoms with Crippen LogP contribution in [0.5, 0.6) is 0 Å². The Kier molecular flexibility index (Phi) is 3.68. The molecule has 0 spiro atoms. The van der Waals surface area contributed by atoms with Crippen LogP contribution in [0.15, 0.2) is 0 Å². The van der Waals surface area contributed by atoms with Crippen LogP contribution in [-0.4, -0.2) is 35.7 Å². The summed E-state index contributed by atoms with van der Waals surface area (Å²) in [5, 5.41) is 1.35. The Bertz CT molecular complexity index is 257. The molecule has 0 radical (unpaired) electrons. The topological polar surface area (TPSA) is 55.8 Å². The lowest BCUT2D eigenvalue weighted by atomic mass is 10.1. The van der Waals surface area contributed by atoms with Gasteiger partial charge in [0.05, 0.1) is 6.54 Å². The van der Waals surface area contributed by atoms with Crippen LogP contribution >= 0.6 is 0 Å². The Morgan fingerprint density at radius 1 is 1.40 bits per heavy atom. The van der Waals surface area contributed by atoms with E-state index >= 15 is 0 Å². The van der Waals surface area contributed by atoms with Crippen molar-refractivity contribution < 1.29 is 19.2 Å². The molecule has 1 aliphatic heterocycles. The average Bonchev–Trinajstić information content (AvgIpc) is 1.99. The fraction of sp³-hybridized carbons (Fsp3) is 0.800. The van der Waals surface area contributed by atoms with E-state index in [2.05, 4.69) is 0 Å². The SMILES string of the molecule is CC(C)(C)OC(=O)ON1CCCC(=O)C1. The number of Topliss-reactive ketones (excluding diaryl/α,β-unsaturated/α-hetero) is 1. The molecule has 5 heteroatoms. The van der Waals surface area contributed by atoms with E-state index in [0.717, 1.165) is 6.42 Å². The molecule has 0 unspecified atom stereocenters. The lowest BCUT2D eigenvalue weighted by Gasteiger charge is -2.26. The predicted octanol–water partition coefficient (Wildman–Crippen LogP) is 1.52. The summed E-state index contributed by atoms with van der Waals surface area (Å²) in [4.78, 5) is 27.2. The minimum atomic E-state index is -0.753. The van der Waals surface area contributed by atoms with E-state index < -0.39 is 11.8 Å². The molecule has 0 aromatic carbocycles. The van der Waals surface area contributed by atoms with Gasteiger partial charge in [-0.25, -0.2) is 4.79 Å². The number of hydroxylamine groups is 2. The fourth-order valence-corrected chi connectivity index (χ4v) is 1.26. The van der Waals surface area contributed by atoms with Crippen molar-refractivity contribution in [1.29, 1.82) is 0 Å². The number of nitrogens with zero attached hydrogens (tertiary/aromatic N) is 1. The van der Waals surface area contributed by atoms with Gasteiger partial charge in [0.15, 0.2) is 0 Å². The molecule has 15 heavy (non-hydrogen) atoms. The van der Waals surface area contributed by atoms with Crippen LogP contribution in [0, 0.1) is 0 Å². The Morgan fingerprint density at radius 3 is 2.60 bits per heavy atom. The smallest absolute Gasteiger partial charge is 0.427 e. The second-order valence-electron chi connectivity index (χ2n) is 4.56. The second kappa shape index (κ2) is 4.61. The van der Waals surface area contributed by atoms with Gasteiger partial charge in [-0.05, 0) is 27.2 Å². The van der Waals surface area contributed by atoms with E-state index in [-0.39, 0.29) is 12.3 Å². The summed E-state index contributed by atoms with van der Waals surface area (Å²) in [6.07, 6.45) is 0.535. The van der Waals surface area contributed by atoms with E-state index in [1.807, 2.05) is 0 Å². The molecule has 0 aromatic rings. The van der Waals surface area contributed by atoms with Crippen molar-refractivity contribution >= 4 is 11.9 Å². The van der Waals surface area contributed by atoms with Gasteiger partial charge in [-0.15, -0.1) is 5.06 Å². The van der Waals surface area contributed by atoms with Crippen LogP contribution in [0.1, 0.15) is 33.6 Å². The van der Waals surface area contributed by atoms with Gasteiger partial charge >= 0.3 is 6.16 Å². The molecule has 1 aliphatic rings. The van der Waals surface area contributed by atoms with E-state index in [0.29, 0.717) is 13.0 Å². The summed E-state index contributed by atoms with van der Waals surface area (Å²) >= 11 is 0. The summed E-state index contributed by atoms with van der Waals surface area (Å²) < 4.78 is 4.96. The van der Waals surface area contributed by atoms with E-state index in [1.165, 1.54) is 5.06 Å². The molecule has 0 bridgehead atoms. The van der Waals surface area contributed by atoms with Gasteiger partial charge in [0.2, 0.25) is 0 Å². The number of hydrogen-bond acceptors (Lipinski definition) is 5. The van der Waals surface area contributed by atoms with Gasteiger partial charge in [-0.1, -0.05) is 0 Å². The maximum Gasteiger partial charge on any atom is 0.528 e.